The highest BCUT2D eigenvalue weighted by molar-refractivity contribution is 9.10. The van der Waals surface area contributed by atoms with Crippen LogP contribution in [0.5, 0.6) is 0 Å². The molecular weight excluding hydrogens is 299 g/mol. The minimum Gasteiger partial charge on any atom is -0.396 e. The summed E-state index contributed by atoms with van der Waals surface area (Å²) < 4.78 is 38.6. The number of hydrogen-bond donors (Lipinski definition) is 2. The molecule has 2 N–H and O–H groups in total. The van der Waals surface area contributed by atoms with Crippen LogP contribution in [0.4, 0.5) is 18.9 Å². The Kier molecular flexibility index (Phi) is 4.82. The number of nitrogens with one attached hydrogen (secondary N) is 1. The molecule has 1 aromatic rings. The molecule has 6 heteroatoms. The summed E-state index contributed by atoms with van der Waals surface area (Å²) in [5.41, 5.74) is -0.682. The van der Waals surface area contributed by atoms with Gasteiger partial charge in [0.2, 0.25) is 0 Å². The summed E-state index contributed by atoms with van der Waals surface area (Å²) in [6.07, 6.45) is -4.00. The number of hydrogen-bond acceptors (Lipinski definition) is 2. The monoisotopic (exact) mass is 311 g/mol. The molecule has 0 bridgehead atoms. The Hall–Kier alpha value is -0.750. The first-order chi connectivity index (χ1) is 7.84. The van der Waals surface area contributed by atoms with E-state index in [0.29, 0.717) is 10.9 Å². The fraction of sp³-hybridized carbons (Fsp3) is 0.455. The summed E-state index contributed by atoms with van der Waals surface area (Å²) in [5, 5.41) is 11.5. The van der Waals surface area contributed by atoms with E-state index in [-0.39, 0.29) is 18.3 Å². The molecule has 0 saturated heterocycles. The maximum atomic E-state index is 12.8. The van der Waals surface area contributed by atoms with Crippen molar-refractivity contribution in [3.8, 4) is 0 Å². The lowest BCUT2D eigenvalue weighted by molar-refractivity contribution is -0.137. The lowest BCUT2D eigenvalue weighted by atomic mass is 10.1. The zero-order valence-corrected chi connectivity index (χ0v) is 10.8. The Morgan fingerprint density at radius 2 is 2.06 bits per heavy atom. The number of halogens is 4. The van der Waals surface area contributed by atoms with Crippen molar-refractivity contribution in [2.24, 2.45) is 0 Å². The summed E-state index contributed by atoms with van der Waals surface area (Å²) in [7, 11) is 0. The summed E-state index contributed by atoms with van der Waals surface area (Å²) in [5.74, 6) is 0. The van der Waals surface area contributed by atoms with E-state index < -0.39 is 11.7 Å². The number of benzene rings is 1. The van der Waals surface area contributed by atoms with Crippen LogP contribution in [-0.4, -0.2) is 17.8 Å². The molecular formula is C11H13BrF3NO. The maximum absolute atomic E-state index is 12.8. The van der Waals surface area contributed by atoms with Gasteiger partial charge in [-0.3, -0.25) is 0 Å². The molecule has 1 rings (SSSR count). The van der Waals surface area contributed by atoms with Crippen LogP contribution in [0.15, 0.2) is 22.7 Å². The molecule has 0 aromatic heterocycles. The van der Waals surface area contributed by atoms with E-state index in [1.165, 1.54) is 6.07 Å². The lowest BCUT2D eigenvalue weighted by Crippen LogP contribution is -2.19. The molecule has 1 atom stereocenters. The molecule has 0 fully saturated rings. The topological polar surface area (TPSA) is 32.3 Å². The molecule has 2 nitrogen and oxygen atoms in total. The fourth-order valence-corrected chi connectivity index (χ4v) is 1.77. The predicted octanol–water partition coefficient (Wildman–Crippen LogP) is 3.65. The van der Waals surface area contributed by atoms with E-state index in [9.17, 15) is 13.2 Å². The van der Waals surface area contributed by atoms with Crippen LogP contribution in [0.2, 0.25) is 0 Å². The smallest absolute Gasteiger partial charge is 0.396 e. The van der Waals surface area contributed by atoms with Gasteiger partial charge in [0.15, 0.2) is 0 Å². The van der Waals surface area contributed by atoms with Gasteiger partial charge in [0.1, 0.15) is 0 Å². The highest BCUT2D eigenvalue weighted by Gasteiger charge is 2.33. The van der Waals surface area contributed by atoms with Crippen LogP contribution in [0.1, 0.15) is 18.9 Å². The van der Waals surface area contributed by atoms with Crippen molar-refractivity contribution < 1.29 is 18.3 Å². The standard InChI is InChI=1S/C11H13BrF3NO/c1-7(4-5-17)16-10-3-2-8(12)6-9(10)11(13,14)15/h2-3,6-7,16-17H,4-5H2,1H3. The first-order valence-electron chi connectivity index (χ1n) is 5.08. The number of rotatable bonds is 4. The van der Waals surface area contributed by atoms with Crippen molar-refractivity contribution in [3.05, 3.63) is 28.2 Å². The van der Waals surface area contributed by atoms with E-state index in [2.05, 4.69) is 21.2 Å². The second-order valence-corrected chi connectivity index (χ2v) is 4.66. The van der Waals surface area contributed by atoms with Gasteiger partial charge in [-0.15, -0.1) is 0 Å². The minimum absolute atomic E-state index is 0.0293. The number of alkyl halides is 3. The molecule has 0 heterocycles. The summed E-state index contributed by atoms with van der Waals surface area (Å²) in [6, 6.07) is 3.74. The maximum Gasteiger partial charge on any atom is 0.418 e. The SMILES string of the molecule is CC(CCO)Nc1ccc(Br)cc1C(F)(F)F. The quantitative estimate of drug-likeness (QED) is 0.889. The Labute approximate surface area is 106 Å². The van der Waals surface area contributed by atoms with Gasteiger partial charge in [0.25, 0.3) is 0 Å². The van der Waals surface area contributed by atoms with Crippen molar-refractivity contribution in [2.75, 3.05) is 11.9 Å². The van der Waals surface area contributed by atoms with E-state index in [1.54, 1.807) is 13.0 Å². The van der Waals surface area contributed by atoms with E-state index in [1.807, 2.05) is 0 Å². The van der Waals surface area contributed by atoms with Crippen LogP contribution in [0.3, 0.4) is 0 Å². The van der Waals surface area contributed by atoms with Gasteiger partial charge in [-0.1, -0.05) is 15.9 Å². The fourth-order valence-electron chi connectivity index (χ4n) is 1.41. The molecule has 0 radical (unpaired) electrons. The molecule has 1 unspecified atom stereocenters. The summed E-state index contributed by atoms with van der Waals surface area (Å²) in [6.45, 7) is 1.66. The third-order valence-electron chi connectivity index (χ3n) is 2.25. The van der Waals surface area contributed by atoms with Crippen LogP contribution >= 0.6 is 15.9 Å². The predicted molar refractivity (Wildman–Crippen MR) is 63.9 cm³/mol. The van der Waals surface area contributed by atoms with Gasteiger partial charge >= 0.3 is 6.18 Å². The van der Waals surface area contributed by atoms with Crippen LogP contribution in [0, 0.1) is 0 Å². The normalized spacial score (nSPS) is 13.5. The van der Waals surface area contributed by atoms with Crippen molar-refractivity contribution in [1.29, 1.82) is 0 Å². The molecule has 0 saturated carbocycles. The van der Waals surface area contributed by atoms with Crippen molar-refractivity contribution in [3.63, 3.8) is 0 Å². The summed E-state index contributed by atoms with van der Waals surface area (Å²) >= 11 is 3.02. The molecule has 0 amide bonds. The highest BCUT2D eigenvalue weighted by atomic mass is 79.9. The van der Waals surface area contributed by atoms with Gasteiger partial charge in [0, 0.05) is 22.8 Å². The Morgan fingerprint density at radius 1 is 1.41 bits per heavy atom. The van der Waals surface area contributed by atoms with E-state index in [0.717, 1.165) is 6.07 Å². The van der Waals surface area contributed by atoms with Gasteiger partial charge in [-0.05, 0) is 31.5 Å². The molecule has 1 aromatic carbocycles. The first-order valence-corrected chi connectivity index (χ1v) is 5.88. The zero-order valence-electron chi connectivity index (χ0n) is 9.18. The van der Waals surface area contributed by atoms with Crippen LogP contribution < -0.4 is 5.32 Å². The van der Waals surface area contributed by atoms with Gasteiger partial charge in [0.05, 0.1) is 5.56 Å². The average Bonchev–Trinajstić information content (AvgIpc) is 2.19. The summed E-state index contributed by atoms with van der Waals surface area (Å²) in [4.78, 5) is 0. The second kappa shape index (κ2) is 5.73. The first kappa shape index (κ1) is 14.3. The average molecular weight is 312 g/mol. The third-order valence-corrected chi connectivity index (χ3v) is 2.74. The van der Waals surface area contributed by atoms with Gasteiger partial charge < -0.3 is 10.4 Å². The molecule has 0 aliphatic carbocycles. The largest absolute Gasteiger partial charge is 0.418 e. The van der Waals surface area contributed by atoms with Crippen LogP contribution in [0.25, 0.3) is 0 Å². The molecule has 96 valence electrons. The number of aliphatic hydroxyl groups is 1. The van der Waals surface area contributed by atoms with Crippen LogP contribution in [-0.2, 0) is 6.18 Å². The van der Waals surface area contributed by atoms with E-state index in [4.69, 9.17) is 5.11 Å². The third kappa shape index (κ3) is 4.20. The molecule has 0 aliphatic rings. The van der Waals surface area contributed by atoms with Gasteiger partial charge in [-0.25, -0.2) is 0 Å². The lowest BCUT2D eigenvalue weighted by Gasteiger charge is -2.19. The molecule has 0 spiro atoms. The Bertz CT molecular complexity index is 381. The Morgan fingerprint density at radius 3 is 2.59 bits per heavy atom. The molecule has 17 heavy (non-hydrogen) atoms. The van der Waals surface area contributed by atoms with E-state index >= 15 is 0 Å². The van der Waals surface area contributed by atoms with Crippen molar-refractivity contribution in [2.45, 2.75) is 25.6 Å². The van der Waals surface area contributed by atoms with Crippen molar-refractivity contribution in [1.82, 2.24) is 0 Å². The number of anilines is 1. The second-order valence-electron chi connectivity index (χ2n) is 3.75. The van der Waals surface area contributed by atoms with Gasteiger partial charge in [-0.2, -0.15) is 13.2 Å². The highest BCUT2D eigenvalue weighted by Crippen LogP contribution is 2.36. The minimum atomic E-state index is -4.40. The Balaban J connectivity index is 2.99. The number of aliphatic hydroxyl groups excluding tert-OH is 1. The zero-order chi connectivity index (χ0) is 13.1. The molecule has 0 aliphatic heterocycles. The van der Waals surface area contributed by atoms with Crippen molar-refractivity contribution >= 4 is 21.6 Å².